The van der Waals surface area contributed by atoms with Crippen LogP contribution in [0, 0.1) is 0 Å². The monoisotopic (exact) mass is 295 g/mol. The molecule has 1 heterocycles. The highest BCUT2D eigenvalue weighted by Gasteiger charge is 2.21. The first-order valence-electron chi connectivity index (χ1n) is 7.71. The Kier molecular flexibility index (Phi) is 5.74. The third-order valence-corrected chi connectivity index (χ3v) is 4.34. The number of benzene rings is 1. The Balaban J connectivity index is 1.93. The maximum absolute atomic E-state index is 6.58. The summed E-state index contributed by atoms with van der Waals surface area (Å²) in [4.78, 5) is 2.51. The fraction of sp³-hybridized carbons (Fsp3) is 0.647. The summed E-state index contributed by atoms with van der Waals surface area (Å²) in [7, 11) is 0. The van der Waals surface area contributed by atoms with E-state index in [9.17, 15) is 0 Å². The molecule has 1 aromatic rings. The van der Waals surface area contributed by atoms with Gasteiger partial charge in [-0.2, -0.15) is 0 Å². The van der Waals surface area contributed by atoms with Crippen LogP contribution < -0.4 is 4.74 Å². The van der Waals surface area contributed by atoms with Crippen molar-refractivity contribution in [2.24, 2.45) is 0 Å². The predicted octanol–water partition coefficient (Wildman–Crippen LogP) is 4.63. The number of alkyl halides is 1. The fourth-order valence-electron chi connectivity index (χ4n) is 2.77. The summed E-state index contributed by atoms with van der Waals surface area (Å²) in [6, 6.07) is 8.87. The van der Waals surface area contributed by atoms with Gasteiger partial charge in [0.1, 0.15) is 5.75 Å². The Morgan fingerprint density at radius 2 is 1.95 bits per heavy atom. The molecule has 1 saturated heterocycles. The molecule has 112 valence electrons. The molecule has 0 saturated carbocycles. The maximum atomic E-state index is 6.58. The number of hydrogen-bond donors (Lipinski definition) is 0. The van der Waals surface area contributed by atoms with Crippen molar-refractivity contribution in [1.29, 1.82) is 0 Å². The van der Waals surface area contributed by atoms with Gasteiger partial charge in [0, 0.05) is 12.6 Å². The maximum Gasteiger partial charge on any atom is 0.119 e. The van der Waals surface area contributed by atoms with Gasteiger partial charge in [0.2, 0.25) is 0 Å². The second kappa shape index (κ2) is 7.33. The summed E-state index contributed by atoms with van der Waals surface area (Å²) < 4.78 is 5.66. The van der Waals surface area contributed by atoms with Crippen molar-refractivity contribution in [2.75, 3.05) is 13.1 Å². The van der Waals surface area contributed by atoms with Crippen LogP contribution in [-0.4, -0.2) is 30.1 Å². The number of ether oxygens (including phenoxy) is 1. The van der Waals surface area contributed by atoms with Crippen LogP contribution in [0.1, 0.15) is 51.0 Å². The Hall–Kier alpha value is -0.730. The summed E-state index contributed by atoms with van der Waals surface area (Å²) in [6.07, 6.45) is 4.16. The molecule has 2 atom stereocenters. The highest BCUT2D eigenvalue weighted by Crippen LogP contribution is 2.27. The molecule has 1 aromatic carbocycles. The van der Waals surface area contributed by atoms with E-state index < -0.39 is 0 Å². The van der Waals surface area contributed by atoms with Crippen LogP contribution >= 0.6 is 11.6 Å². The molecule has 3 heteroatoms. The van der Waals surface area contributed by atoms with E-state index in [0.717, 1.165) is 12.3 Å². The summed E-state index contributed by atoms with van der Waals surface area (Å²) in [5, 5.41) is 0.0589. The first kappa shape index (κ1) is 15.7. The van der Waals surface area contributed by atoms with Crippen molar-refractivity contribution in [3.8, 4) is 5.75 Å². The number of nitrogens with zero attached hydrogens (tertiary/aromatic N) is 1. The third kappa shape index (κ3) is 4.39. The molecule has 0 amide bonds. The van der Waals surface area contributed by atoms with Crippen LogP contribution in [-0.2, 0) is 0 Å². The van der Waals surface area contributed by atoms with E-state index in [4.69, 9.17) is 16.3 Å². The smallest absolute Gasteiger partial charge is 0.119 e. The SMILES string of the molecule is CC(C)Oc1ccc(C(Cl)CN2CCCCC2C)cc1. The molecular weight excluding hydrogens is 270 g/mol. The van der Waals surface area contributed by atoms with E-state index in [1.165, 1.54) is 31.4 Å². The van der Waals surface area contributed by atoms with Crippen LogP contribution in [0.2, 0.25) is 0 Å². The van der Waals surface area contributed by atoms with Gasteiger partial charge >= 0.3 is 0 Å². The molecule has 1 aliphatic heterocycles. The van der Waals surface area contributed by atoms with E-state index in [1.54, 1.807) is 0 Å². The van der Waals surface area contributed by atoms with Crippen LogP contribution in [0.25, 0.3) is 0 Å². The zero-order chi connectivity index (χ0) is 14.5. The van der Waals surface area contributed by atoms with Gasteiger partial charge in [-0.05, 0) is 57.9 Å². The lowest BCUT2D eigenvalue weighted by Gasteiger charge is -2.34. The van der Waals surface area contributed by atoms with Gasteiger partial charge in [0.05, 0.1) is 11.5 Å². The van der Waals surface area contributed by atoms with E-state index in [2.05, 4.69) is 24.0 Å². The van der Waals surface area contributed by atoms with Crippen LogP contribution in [0.15, 0.2) is 24.3 Å². The lowest BCUT2D eigenvalue weighted by molar-refractivity contribution is 0.161. The Labute approximate surface area is 128 Å². The Bertz CT molecular complexity index is 404. The topological polar surface area (TPSA) is 12.5 Å². The highest BCUT2D eigenvalue weighted by molar-refractivity contribution is 6.21. The molecule has 2 nitrogen and oxygen atoms in total. The van der Waals surface area contributed by atoms with Crippen molar-refractivity contribution < 1.29 is 4.74 Å². The molecule has 20 heavy (non-hydrogen) atoms. The molecule has 2 unspecified atom stereocenters. The number of piperidine rings is 1. The van der Waals surface area contributed by atoms with Crippen LogP contribution in [0.5, 0.6) is 5.75 Å². The highest BCUT2D eigenvalue weighted by atomic mass is 35.5. The third-order valence-electron chi connectivity index (χ3n) is 3.95. The van der Waals surface area contributed by atoms with E-state index in [1.807, 2.05) is 26.0 Å². The molecule has 0 radical (unpaired) electrons. The van der Waals surface area contributed by atoms with Gasteiger partial charge in [-0.1, -0.05) is 18.6 Å². The largest absolute Gasteiger partial charge is 0.491 e. The predicted molar refractivity (Wildman–Crippen MR) is 85.7 cm³/mol. The standard InChI is InChI=1S/C17H26ClNO/c1-13(2)20-16-9-7-15(8-10-16)17(18)12-19-11-5-4-6-14(19)3/h7-10,13-14,17H,4-6,11-12H2,1-3H3. The van der Waals surface area contributed by atoms with Gasteiger partial charge in [0.15, 0.2) is 0 Å². The average Bonchev–Trinajstić information content (AvgIpc) is 2.41. The van der Waals surface area contributed by atoms with Gasteiger partial charge < -0.3 is 4.74 Å². The first-order valence-corrected chi connectivity index (χ1v) is 8.14. The summed E-state index contributed by atoms with van der Waals surface area (Å²) in [6.45, 7) is 8.50. The zero-order valence-corrected chi connectivity index (χ0v) is 13.6. The summed E-state index contributed by atoms with van der Waals surface area (Å²) >= 11 is 6.58. The van der Waals surface area contributed by atoms with E-state index in [0.29, 0.717) is 6.04 Å². The average molecular weight is 296 g/mol. The number of halogens is 1. The molecule has 2 rings (SSSR count). The second-order valence-electron chi connectivity index (χ2n) is 6.04. The molecular formula is C17H26ClNO. The van der Waals surface area contributed by atoms with Crippen molar-refractivity contribution in [2.45, 2.75) is 57.6 Å². The number of likely N-dealkylation sites (tertiary alicyclic amines) is 1. The minimum absolute atomic E-state index is 0.0589. The van der Waals surface area contributed by atoms with Gasteiger partial charge in [0.25, 0.3) is 0 Å². The molecule has 0 N–H and O–H groups in total. The number of rotatable bonds is 5. The van der Waals surface area contributed by atoms with Crippen molar-refractivity contribution in [3.05, 3.63) is 29.8 Å². The van der Waals surface area contributed by atoms with E-state index >= 15 is 0 Å². The minimum Gasteiger partial charge on any atom is -0.491 e. The normalized spacial score (nSPS) is 21.9. The van der Waals surface area contributed by atoms with Crippen molar-refractivity contribution >= 4 is 11.6 Å². The molecule has 0 bridgehead atoms. The van der Waals surface area contributed by atoms with Crippen molar-refractivity contribution in [3.63, 3.8) is 0 Å². The van der Waals surface area contributed by atoms with Gasteiger partial charge in [-0.3, -0.25) is 4.90 Å². The van der Waals surface area contributed by atoms with Gasteiger partial charge in [-0.15, -0.1) is 11.6 Å². The molecule has 0 aliphatic carbocycles. The summed E-state index contributed by atoms with van der Waals surface area (Å²) in [5.41, 5.74) is 1.18. The Morgan fingerprint density at radius 1 is 1.25 bits per heavy atom. The Morgan fingerprint density at radius 3 is 2.55 bits per heavy atom. The quantitative estimate of drug-likeness (QED) is 0.735. The second-order valence-corrected chi connectivity index (χ2v) is 6.57. The fourth-order valence-corrected chi connectivity index (χ4v) is 3.09. The molecule has 1 fully saturated rings. The van der Waals surface area contributed by atoms with Crippen molar-refractivity contribution in [1.82, 2.24) is 4.90 Å². The van der Waals surface area contributed by atoms with E-state index in [-0.39, 0.29) is 11.5 Å². The summed E-state index contributed by atoms with van der Waals surface area (Å²) in [5.74, 6) is 0.916. The molecule has 0 spiro atoms. The molecule has 1 aliphatic rings. The number of hydrogen-bond acceptors (Lipinski definition) is 2. The lowest BCUT2D eigenvalue weighted by Crippen LogP contribution is -2.39. The zero-order valence-electron chi connectivity index (χ0n) is 12.8. The van der Waals surface area contributed by atoms with Crippen LogP contribution in [0.4, 0.5) is 0 Å². The van der Waals surface area contributed by atoms with Crippen LogP contribution in [0.3, 0.4) is 0 Å². The minimum atomic E-state index is 0.0589. The lowest BCUT2D eigenvalue weighted by atomic mass is 10.0. The van der Waals surface area contributed by atoms with Gasteiger partial charge in [-0.25, -0.2) is 0 Å². The molecule has 0 aromatic heterocycles. The first-order chi connectivity index (χ1) is 9.56.